The smallest absolute Gasteiger partial charge is 0.122 e. The van der Waals surface area contributed by atoms with E-state index in [4.69, 9.17) is 22.3 Å². The molecule has 0 spiro atoms. The van der Waals surface area contributed by atoms with Gasteiger partial charge in [-0.3, -0.25) is 10.8 Å². The Kier molecular flexibility index (Phi) is 10.2. The van der Waals surface area contributed by atoms with Crippen molar-refractivity contribution < 1.29 is 0 Å². The van der Waals surface area contributed by atoms with E-state index >= 15 is 0 Å². The number of rotatable bonds is 8. The van der Waals surface area contributed by atoms with Gasteiger partial charge in [0.05, 0.1) is 0 Å². The van der Waals surface area contributed by atoms with Gasteiger partial charge in [0.15, 0.2) is 0 Å². The Balaban J connectivity index is 0.00000312. The molecule has 2 aromatic carbocycles. The van der Waals surface area contributed by atoms with Crippen LogP contribution in [0.1, 0.15) is 18.1 Å². The third-order valence-corrected chi connectivity index (χ3v) is 3.83. The van der Waals surface area contributed by atoms with Gasteiger partial charge in [-0.15, -0.1) is 24.8 Å². The van der Waals surface area contributed by atoms with Crippen LogP contribution in [0.3, 0.4) is 0 Å². The number of hydrogen-bond donors (Lipinski definition) is 5. The molecule has 0 radical (unpaired) electrons. The number of anilines is 2. The van der Waals surface area contributed by atoms with Crippen LogP contribution in [0.25, 0.3) is 0 Å². The zero-order valence-corrected chi connectivity index (χ0v) is 16.3. The first-order chi connectivity index (χ1) is 11.5. The van der Waals surface area contributed by atoms with E-state index in [1.54, 1.807) is 0 Å². The number of nitrogens with one attached hydrogen (secondary N) is 3. The highest BCUT2D eigenvalue weighted by Crippen LogP contribution is 2.15. The normalized spacial score (nSPS) is 9.42. The van der Waals surface area contributed by atoms with Gasteiger partial charge in [-0.05, 0) is 55.5 Å². The van der Waals surface area contributed by atoms with Gasteiger partial charge >= 0.3 is 0 Å². The standard InChI is InChI=1S/C18H24N6.2ClH/c1-2-24(16-9-5-14(6-10-16)18(21)22)12-11-23-15-7-3-13(4-8-15)17(19)20;;/h3-10,23H,2,11-12H2,1H3,(H3,19,20)(H3,21,22);2*1H. The molecule has 0 aromatic heterocycles. The minimum absolute atomic E-state index is 0. The maximum absolute atomic E-state index is 7.44. The average molecular weight is 397 g/mol. The molecular weight excluding hydrogens is 371 g/mol. The number of halogens is 2. The monoisotopic (exact) mass is 396 g/mol. The summed E-state index contributed by atoms with van der Waals surface area (Å²) in [7, 11) is 0. The highest BCUT2D eigenvalue weighted by atomic mass is 35.5. The second kappa shape index (κ2) is 11.2. The molecule has 0 fully saturated rings. The third kappa shape index (κ3) is 6.46. The van der Waals surface area contributed by atoms with Gasteiger partial charge in [-0.25, -0.2) is 0 Å². The van der Waals surface area contributed by atoms with Gasteiger partial charge in [0.25, 0.3) is 0 Å². The Hall–Kier alpha value is -2.44. The Bertz CT molecular complexity index is 701. The van der Waals surface area contributed by atoms with E-state index in [0.29, 0.717) is 0 Å². The predicted molar refractivity (Wildman–Crippen MR) is 116 cm³/mol. The van der Waals surface area contributed by atoms with Gasteiger partial charge in [-0.2, -0.15) is 0 Å². The Morgan fingerprint density at radius 3 is 1.77 bits per heavy atom. The van der Waals surface area contributed by atoms with Crippen LogP contribution >= 0.6 is 24.8 Å². The summed E-state index contributed by atoms with van der Waals surface area (Å²) < 4.78 is 0. The quantitative estimate of drug-likeness (QED) is 0.348. The van der Waals surface area contributed by atoms with Gasteiger partial charge in [-0.1, -0.05) is 0 Å². The van der Waals surface area contributed by atoms with Crippen molar-refractivity contribution in [2.24, 2.45) is 11.5 Å². The van der Waals surface area contributed by atoms with E-state index in [-0.39, 0.29) is 36.5 Å². The van der Waals surface area contributed by atoms with Crippen LogP contribution in [-0.4, -0.2) is 31.3 Å². The lowest BCUT2D eigenvalue weighted by molar-refractivity contribution is 0.835. The van der Waals surface area contributed by atoms with Crippen LogP contribution < -0.4 is 21.7 Å². The number of likely N-dealkylation sites (N-methyl/N-ethyl adjacent to an activating group) is 1. The molecule has 0 amide bonds. The largest absolute Gasteiger partial charge is 0.384 e. The minimum Gasteiger partial charge on any atom is -0.384 e. The van der Waals surface area contributed by atoms with Crippen molar-refractivity contribution >= 4 is 47.9 Å². The number of nitrogens with two attached hydrogens (primary N) is 2. The fourth-order valence-corrected chi connectivity index (χ4v) is 2.42. The maximum atomic E-state index is 7.44. The minimum atomic E-state index is 0. The van der Waals surface area contributed by atoms with Crippen LogP contribution in [0.5, 0.6) is 0 Å². The summed E-state index contributed by atoms with van der Waals surface area (Å²) in [6, 6.07) is 15.2. The second-order valence-electron chi connectivity index (χ2n) is 5.46. The van der Waals surface area contributed by atoms with Crippen LogP contribution in [0, 0.1) is 10.8 Å². The molecule has 0 saturated heterocycles. The molecule has 8 heteroatoms. The molecule has 0 aliphatic carbocycles. The van der Waals surface area contributed by atoms with Gasteiger partial charge < -0.3 is 21.7 Å². The number of amidine groups is 2. The third-order valence-electron chi connectivity index (χ3n) is 3.83. The molecule has 26 heavy (non-hydrogen) atoms. The molecule has 0 aliphatic heterocycles. The lowest BCUT2D eigenvalue weighted by Gasteiger charge is -2.23. The van der Waals surface area contributed by atoms with E-state index < -0.39 is 0 Å². The van der Waals surface area contributed by atoms with Crippen LogP contribution in [0.15, 0.2) is 48.5 Å². The second-order valence-corrected chi connectivity index (χ2v) is 5.46. The van der Waals surface area contributed by atoms with E-state index in [1.165, 1.54) is 0 Å². The average Bonchev–Trinajstić information content (AvgIpc) is 2.59. The number of nitrogens with zero attached hydrogens (tertiary/aromatic N) is 1. The Labute approximate surface area is 166 Å². The zero-order chi connectivity index (χ0) is 17.5. The van der Waals surface area contributed by atoms with Crippen molar-refractivity contribution in [1.29, 1.82) is 10.8 Å². The van der Waals surface area contributed by atoms with E-state index in [2.05, 4.69) is 17.1 Å². The lowest BCUT2D eigenvalue weighted by Crippen LogP contribution is -2.28. The van der Waals surface area contributed by atoms with Crippen LogP contribution in [0.2, 0.25) is 0 Å². The molecule has 142 valence electrons. The summed E-state index contributed by atoms with van der Waals surface area (Å²) in [5.74, 6) is 0.160. The first-order valence-electron chi connectivity index (χ1n) is 7.89. The van der Waals surface area contributed by atoms with E-state index in [0.717, 1.165) is 42.1 Å². The molecule has 0 heterocycles. The molecule has 7 N–H and O–H groups in total. The molecule has 0 atom stereocenters. The Morgan fingerprint density at radius 1 is 0.885 bits per heavy atom. The van der Waals surface area contributed by atoms with Crippen molar-refractivity contribution in [3.63, 3.8) is 0 Å². The fourth-order valence-electron chi connectivity index (χ4n) is 2.42. The SMILES string of the molecule is CCN(CCNc1ccc(C(=N)N)cc1)c1ccc(C(=N)N)cc1.Cl.Cl. The summed E-state index contributed by atoms with van der Waals surface area (Å²) in [5.41, 5.74) is 14.5. The summed E-state index contributed by atoms with van der Waals surface area (Å²) in [6.07, 6.45) is 0. The fraction of sp³-hybridized carbons (Fsp3) is 0.222. The molecule has 2 rings (SSSR count). The van der Waals surface area contributed by atoms with E-state index in [1.807, 2.05) is 48.5 Å². The maximum Gasteiger partial charge on any atom is 0.122 e. The Morgan fingerprint density at radius 2 is 1.35 bits per heavy atom. The summed E-state index contributed by atoms with van der Waals surface area (Å²) in [5, 5.41) is 18.2. The summed E-state index contributed by atoms with van der Waals surface area (Å²) in [6.45, 7) is 4.65. The molecule has 0 saturated carbocycles. The highest BCUT2D eigenvalue weighted by molar-refractivity contribution is 5.95. The van der Waals surface area contributed by atoms with Crippen LogP contribution in [-0.2, 0) is 0 Å². The molecule has 0 unspecified atom stereocenters. The highest BCUT2D eigenvalue weighted by Gasteiger charge is 2.05. The topological polar surface area (TPSA) is 115 Å². The lowest BCUT2D eigenvalue weighted by atomic mass is 10.2. The van der Waals surface area contributed by atoms with Gasteiger partial charge in [0, 0.05) is 42.1 Å². The van der Waals surface area contributed by atoms with Crippen molar-refractivity contribution in [2.75, 3.05) is 29.9 Å². The first-order valence-corrected chi connectivity index (χ1v) is 7.89. The van der Waals surface area contributed by atoms with Gasteiger partial charge in [0.2, 0.25) is 0 Å². The molecule has 2 aromatic rings. The number of benzene rings is 2. The number of hydrogen-bond acceptors (Lipinski definition) is 4. The van der Waals surface area contributed by atoms with Crippen molar-refractivity contribution in [3.8, 4) is 0 Å². The van der Waals surface area contributed by atoms with Crippen molar-refractivity contribution in [3.05, 3.63) is 59.7 Å². The first kappa shape index (κ1) is 23.6. The van der Waals surface area contributed by atoms with Crippen molar-refractivity contribution in [2.45, 2.75) is 6.92 Å². The summed E-state index contributed by atoms with van der Waals surface area (Å²) in [4.78, 5) is 2.25. The molecular formula is C18H26Cl2N6. The van der Waals surface area contributed by atoms with Crippen molar-refractivity contribution in [1.82, 2.24) is 0 Å². The zero-order valence-electron chi connectivity index (χ0n) is 14.7. The number of nitrogen functional groups attached to an aromatic ring is 2. The summed E-state index contributed by atoms with van der Waals surface area (Å²) >= 11 is 0. The molecule has 0 bridgehead atoms. The van der Waals surface area contributed by atoms with Crippen LogP contribution in [0.4, 0.5) is 11.4 Å². The van der Waals surface area contributed by atoms with Gasteiger partial charge in [0.1, 0.15) is 11.7 Å². The predicted octanol–water partition coefficient (Wildman–Crippen LogP) is 3.04. The van der Waals surface area contributed by atoms with E-state index in [9.17, 15) is 0 Å². The molecule has 0 aliphatic rings. The molecule has 6 nitrogen and oxygen atoms in total.